The summed E-state index contributed by atoms with van der Waals surface area (Å²) < 4.78 is 0. The van der Waals surface area contributed by atoms with Gasteiger partial charge in [-0.05, 0) is 19.3 Å². The van der Waals surface area contributed by atoms with E-state index in [-0.39, 0.29) is 11.7 Å². The van der Waals surface area contributed by atoms with Gasteiger partial charge in [-0.25, -0.2) is 0 Å². The van der Waals surface area contributed by atoms with Crippen LogP contribution in [-0.2, 0) is 4.79 Å². The maximum absolute atomic E-state index is 10.9. The zero-order chi connectivity index (χ0) is 9.56. The highest BCUT2D eigenvalue weighted by molar-refractivity contribution is 5.80. The van der Waals surface area contributed by atoms with E-state index in [9.17, 15) is 4.79 Å². The van der Waals surface area contributed by atoms with Crippen LogP contribution in [0.25, 0.3) is 0 Å². The summed E-state index contributed by atoms with van der Waals surface area (Å²) in [4.78, 5) is 15.0. The molecule has 0 aromatic carbocycles. The van der Waals surface area contributed by atoms with Crippen molar-refractivity contribution in [3.8, 4) is 0 Å². The van der Waals surface area contributed by atoms with Crippen LogP contribution < -0.4 is 0 Å². The van der Waals surface area contributed by atoms with Crippen LogP contribution in [-0.4, -0.2) is 18.5 Å². The fraction of sp³-hybridized carbons (Fsp3) is 0.800. The molecule has 0 aromatic heterocycles. The molecule has 70 valence electrons. The average molecular weight is 169 g/mol. The van der Waals surface area contributed by atoms with E-state index in [4.69, 9.17) is 0 Å². The van der Waals surface area contributed by atoms with Crippen molar-refractivity contribution >= 4 is 12.0 Å². The molecule has 1 heterocycles. The van der Waals surface area contributed by atoms with Gasteiger partial charge in [0.15, 0.2) is 0 Å². The van der Waals surface area contributed by atoms with Gasteiger partial charge >= 0.3 is 0 Å². The Labute approximate surface area is 75.1 Å². The standard InChI is InChI=1S/C8H13NO.C2H6/c1-6-3-8(7(2)10)5-9-4-6;1-2/h4,6,8H,3,5H2,1-2H3;1-2H3/t6?,8-;/m0./s1. The molecule has 1 rings (SSSR count). The normalized spacial score (nSPS) is 27.3. The van der Waals surface area contributed by atoms with E-state index in [2.05, 4.69) is 11.9 Å². The van der Waals surface area contributed by atoms with E-state index < -0.39 is 0 Å². The summed E-state index contributed by atoms with van der Waals surface area (Å²) in [7, 11) is 0. The number of hydrogen-bond donors (Lipinski definition) is 0. The third-order valence-electron chi connectivity index (χ3n) is 1.92. The number of carbonyl (C=O) groups is 1. The van der Waals surface area contributed by atoms with Crippen LogP contribution in [0.15, 0.2) is 4.99 Å². The van der Waals surface area contributed by atoms with Crippen molar-refractivity contribution in [2.75, 3.05) is 6.54 Å². The van der Waals surface area contributed by atoms with Gasteiger partial charge in [-0.15, -0.1) is 0 Å². The van der Waals surface area contributed by atoms with Crippen molar-refractivity contribution in [1.82, 2.24) is 0 Å². The van der Waals surface area contributed by atoms with Gasteiger partial charge in [0.1, 0.15) is 5.78 Å². The van der Waals surface area contributed by atoms with Gasteiger partial charge in [-0.1, -0.05) is 20.8 Å². The molecule has 0 spiro atoms. The number of ketones is 1. The summed E-state index contributed by atoms with van der Waals surface area (Å²) in [6.07, 6.45) is 2.93. The molecule has 0 fully saturated rings. The summed E-state index contributed by atoms with van der Waals surface area (Å²) >= 11 is 0. The van der Waals surface area contributed by atoms with Crippen molar-refractivity contribution < 1.29 is 4.79 Å². The minimum atomic E-state index is 0.194. The van der Waals surface area contributed by atoms with Crippen molar-refractivity contribution in [2.45, 2.75) is 34.1 Å². The van der Waals surface area contributed by atoms with E-state index in [1.807, 2.05) is 20.1 Å². The molecular weight excluding hydrogens is 150 g/mol. The fourth-order valence-electron chi connectivity index (χ4n) is 1.25. The topological polar surface area (TPSA) is 29.4 Å². The number of Topliss-reactive ketones (excluding diaryl/α,β-unsaturated/α-hetero) is 1. The van der Waals surface area contributed by atoms with E-state index in [1.54, 1.807) is 6.92 Å². The van der Waals surface area contributed by atoms with Crippen molar-refractivity contribution in [1.29, 1.82) is 0 Å². The second kappa shape index (κ2) is 5.92. The zero-order valence-corrected chi connectivity index (χ0v) is 8.50. The van der Waals surface area contributed by atoms with E-state index >= 15 is 0 Å². The molecule has 2 nitrogen and oxygen atoms in total. The van der Waals surface area contributed by atoms with Crippen molar-refractivity contribution in [3.05, 3.63) is 0 Å². The Balaban J connectivity index is 0.000000561. The number of rotatable bonds is 1. The van der Waals surface area contributed by atoms with Crippen LogP contribution in [0, 0.1) is 11.8 Å². The number of aliphatic imine (C=N–C) groups is 1. The molecule has 1 aliphatic rings. The maximum atomic E-state index is 10.9. The van der Waals surface area contributed by atoms with E-state index in [1.165, 1.54) is 0 Å². The molecule has 0 N–H and O–H groups in total. The molecule has 2 atom stereocenters. The number of carbonyl (C=O) groups excluding carboxylic acids is 1. The van der Waals surface area contributed by atoms with Crippen molar-refractivity contribution in [2.24, 2.45) is 16.8 Å². The first-order chi connectivity index (χ1) is 5.70. The monoisotopic (exact) mass is 169 g/mol. The predicted molar refractivity (Wildman–Crippen MR) is 52.7 cm³/mol. The van der Waals surface area contributed by atoms with Crippen LogP contribution in [0.2, 0.25) is 0 Å². The molecule has 12 heavy (non-hydrogen) atoms. The van der Waals surface area contributed by atoms with E-state index in [0.29, 0.717) is 12.5 Å². The maximum Gasteiger partial charge on any atom is 0.134 e. The van der Waals surface area contributed by atoms with Gasteiger partial charge in [-0.3, -0.25) is 9.79 Å². The second-order valence-corrected chi connectivity index (χ2v) is 3.03. The Kier molecular flexibility index (Phi) is 5.60. The average Bonchev–Trinajstić information content (AvgIpc) is 2.08. The van der Waals surface area contributed by atoms with Gasteiger partial charge in [-0.2, -0.15) is 0 Å². The molecule has 0 aliphatic carbocycles. The highest BCUT2D eigenvalue weighted by Crippen LogP contribution is 2.16. The van der Waals surface area contributed by atoms with Crippen molar-refractivity contribution in [3.63, 3.8) is 0 Å². The largest absolute Gasteiger partial charge is 0.300 e. The summed E-state index contributed by atoms with van der Waals surface area (Å²) in [6.45, 7) is 8.45. The van der Waals surface area contributed by atoms with Gasteiger partial charge in [0.05, 0.1) is 0 Å². The summed E-state index contributed by atoms with van der Waals surface area (Å²) in [5.41, 5.74) is 0. The van der Waals surface area contributed by atoms with Crippen LogP contribution in [0.1, 0.15) is 34.1 Å². The first kappa shape index (κ1) is 11.3. The summed E-state index contributed by atoms with van der Waals surface area (Å²) in [6, 6.07) is 0. The smallest absolute Gasteiger partial charge is 0.134 e. The molecule has 0 saturated carbocycles. The Morgan fingerprint density at radius 3 is 2.42 bits per heavy atom. The Morgan fingerprint density at radius 1 is 1.50 bits per heavy atom. The van der Waals surface area contributed by atoms with Crippen LogP contribution >= 0.6 is 0 Å². The first-order valence-electron chi connectivity index (χ1n) is 4.70. The van der Waals surface area contributed by atoms with Gasteiger partial charge < -0.3 is 0 Å². The summed E-state index contributed by atoms with van der Waals surface area (Å²) in [5.74, 6) is 0.964. The molecule has 0 bridgehead atoms. The lowest BCUT2D eigenvalue weighted by Crippen LogP contribution is -2.22. The number of nitrogens with zero attached hydrogens (tertiary/aromatic N) is 1. The van der Waals surface area contributed by atoms with Crippen LogP contribution in [0.5, 0.6) is 0 Å². The lowest BCUT2D eigenvalue weighted by atomic mass is 9.91. The minimum absolute atomic E-state index is 0.194. The third kappa shape index (κ3) is 3.65. The lowest BCUT2D eigenvalue weighted by molar-refractivity contribution is -0.120. The molecular formula is C10H19NO. The SMILES string of the molecule is CC.CC(=O)[C@@H]1CN=CC(C)C1. The first-order valence-corrected chi connectivity index (χ1v) is 4.70. The van der Waals surface area contributed by atoms with Crippen LogP contribution in [0.4, 0.5) is 0 Å². The Morgan fingerprint density at radius 2 is 2.08 bits per heavy atom. The molecule has 0 aromatic rings. The van der Waals surface area contributed by atoms with Gasteiger partial charge in [0.25, 0.3) is 0 Å². The third-order valence-corrected chi connectivity index (χ3v) is 1.92. The van der Waals surface area contributed by atoms with Gasteiger partial charge in [0.2, 0.25) is 0 Å². The number of hydrogen-bond acceptors (Lipinski definition) is 2. The zero-order valence-electron chi connectivity index (χ0n) is 8.50. The van der Waals surface area contributed by atoms with Gasteiger partial charge in [0, 0.05) is 18.7 Å². The molecule has 1 unspecified atom stereocenters. The second-order valence-electron chi connectivity index (χ2n) is 3.03. The quantitative estimate of drug-likeness (QED) is 0.592. The lowest BCUT2D eigenvalue weighted by Gasteiger charge is -2.18. The Bertz CT molecular complexity index is 163. The molecule has 0 amide bonds. The Hall–Kier alpha value is -0.660. The fourth-order valence-corrected chi connectivity index (χ4v) is 1.25. The predicted octanol–water partition coefficient (Wildman–Crippen LogP) is 2.33. The van der Waals surface area contributed by atoms with Crippen LogP contribution in [0.3, 0.4) is 0 Å². The summed E-state index contributed by atoms with van der Waals surface area (Å²) in [5, 5.41) is 0. The van der Waals surface area contributed by atoms with E-state index in [0.717, 1.165) is 6.42 Å². The molecule has 2 heteroatoms. The molecule has 1 aliphatic heterocycles. The molecule has 0 saturated heterocycles. The minimum Gasteiger partial charge on any atom is -0.300 e. The molecule has 0 radical (unpaired) electrons. The highest BCUT2D eigenvalue weighted by atomic mass is 16.1. The highest BCUT2D eigenvalue weighted by Gasteiger charge is 2.18.